The number of rotatable bonds is 5. The molecule has 152 valence electrons. The van der Waals surface area contributed by atoms with Crippen molar-refractivity contribution in [2.45, 2.75) is 26.3 Å². The first-order valence-corrected chi connectivity index (χ1v) is 9.44. The van der Waals surface area contributed by atoms with Crippen molar-refractivity contribution in [1.82, 2.24) is 10.6 Å². The highest BCUT2D eigenvalue weighted by molar-refractivity contribution is 7.80. The average molecular weight is 412 g/mol. The lowest BCUT2D eigenvalue weighted by molar-refractivity contribution is -0.115. The van der Waals surface area contributed by atoms with Crippen LogP contribution in [-0.2, 0) is 4.79 Å². The van der Waals surface area contributed by atoms with E-state index in [2.05, 4.69) is 16.0 Å². The molecule has 0 bridgehead atoms. The summed E-state index contributed by atoms with van der Waals surface area (Å²) in [6.07, 6.45) is 3.07. The van der Waals surface area contributed by atoms with Crippen LogP contribution in [0.5, 0.6) is 5.75 Å². The molecule has 0 atom stereocenters. The van der Waals surface area contributed by atoms with Gasteiger partial charge in [0.25, 0.3) is 5.91 Å². The predicted molar refractivity (Wildman–Crippen MR) is 120 cm³/mol. The predicted octanol–water partition coefficient (Wildman–Crippen LogP) is 3.75. The molecule has 2 amide bonds. The molecule has 0 radical (unpaired) electrons. The normalized spacial score (nSPS) is 11.0. The number of amides is 2. The van der Waals surface area contributed by atoms with E-state index >= 15 is 0 Å². The van der Waals surface area contributed by atoms with Gasteiger partial charge >= 0.3 is 0 Å². The van der Waals surface area contributed by atoms with Crippen molar-refractivity contribution in [3.63, 3.8) is 0 Å². The summed E-state index contributed by atoms with van der Waals surface area (Å²) in [5.41, 5.74) is 1.63. The zero-order chi connectivity index (χ0) is 21.4. The van der Waals surface area contributed by atoms with Crippen LogP contribution in [0.15, 0.2) is 54.6 Å². The van der Waals surface area contributed by atoms with Gasteiger partial charge in [-0.3, -0.25) is 14.9 Å². The highest BCUT2D eigenvalue weighted by Crippen LogP contribution is 2.13. The van der Waals surface area contributed by atoms with Crippen LogP contribution in [-0.4, -0.2) is 29.6 Å². The van der Waals surface area contributed by atoms with Crippen molar-refractivity contribution in [3.05, 3.63) is 65.7 Å². The number of benzene rings is 2. The van der Waals surface area contributed by atoms with Crippen molar-refractivity contribution >= 4 is 40.9 Å². The Bertz CT molecular complexity index is 916. The minimum absolute atomic E-state index is 0.141. The molecule has 0 aliphatic carbocycles. The average Bonchev–Trinajstić information content (AvgIpc) is 2.65. The summed E-state index contributed by atoms with van der Waals surface area (Å²) in [5.74, 6) is 0.203. The largest absolute Gasteiger partial charge is 0.497 e. The molecule has 2 rings (SSSR count). The van der Waals surface area contributed by atoms with Crippen LogP contribution in [0, 0.1) is 0 Å². The minimum Gasteiger partial charge on any atom is -0.497 e. The second-order valence-electron chi connectivity index (χ2n) is 7.33. The maximum atomic E-state index is 12.3. The molecule has 0 aromatic heterocycles. The SMILES string of the molecule is COc1ccc(/C=C/C(=O)NC(=S)Nc2cccc(C(=O)NC(C)(C)C)c2)cc1. The Balaban J connectivity index is 1.92. The molecule has 29 heavy (non-hydrogen) atoms. The number of nitrogens with one attached hydrogen (secondary N) is 3. The monoisotopic (exact) mass is 411 g/mol. The molecule has 0 aliphatic rings. The van der Waals surface area contributed by atoms with E-state index in [1.54, 1.807) is 37.5 Å². The van der Waals surface area contributed by atoms with E-state index in [1.807, 2.05) is 45.0 Å². The minimum atomic E-state index is -0.361. The van der Waals surface area contributed by atoms with E-state index in [4.69, 9.17) is 17.0 Å². The summed E-state index contributed by atoms with van der Waals surface area (Å²) in [6.45, 7) is 5.74. The number of hydrogen-bond acceptors (Lipinski definition) is 4. The first-order chi connectivity index (χ1) is 13.7. The van der Waals surface area contributed by atoms with Crippen molar-refractivity contribution in [3.8, 4) is 5.75 Å². The van der Waals surface area contributed by atoms with Crippen LogP contribution in [0.2, 0.25) is 0 Å². The molecule has 2 aromatic carbocycles. The van der Waals surface area contributed by atoms with Crippen LogP contribution >= 0.6 is 12.2 Å². The number of thiocarbonyl (C=S) groups is 1. The van der Waals surface area contributed by atoms with Crippen molar-refractivity contribution in [1.29, 1.82) is 0 Å². The summed E-state index contributed by atoms with van der Waals surface area (Å²) in [4.78, 5) is 24.3. The fraction of sp³-hybridized carbons (Fsp3) is 0.227. The van der Waals surface area contributed by atoms with Gasteiger partial charge in [0.05, 0.1) is 7.11 Å². The number of ether oxygens (including phenoxy) is 1. The second-order valence-corrected chi connectivity index (χ2v) is 7.74. The van der Waals surface area contributed by atoms with Gasteiger partial charge in [0.1, 0.15) is 5.75 Å². The van der Waals surface area contributed by atoms with Gasteiger partial charge in [-0.1, -0.05) is 18.2 Å². The third kappa shape index (κ3) is 7.75. The maximum Gasteiger partial charge on any atom is 0.251 e. The number of methoxy groups -OCH3 is 1. The third-order valence-electron chi connectivity index (χ3n) is 3.65. The van der Waals surface area contributed by atoms with Gasteiger partial charge in [-0.25, -0.2) is 0 Å². The van der Waals surface area contributed by atoms with Gasteiger partial charge in [-0.15, -0.1) is 0 Å². The van der Waals surface area contributed by atoms with E-state index in [1.165, 1.54) is 6.08 Å². The molecule has 0 unspecified atom stereocenters. The fourth-order valence-electron chi connectivity index (χ4n) is 2.35. The van der Waals surface area contributed by atoms with Gasteiger partial charge in [-0.05, 0) is 75.0 Å². The molecule has 7 heteroatoms. The fourth-order valence-corrected chi connectivity index (χ4v) is 2.57. The zero-order valence-corrected chi connectivity index (χ0v) is 17.7. The van der Waals surface area contributed by atoms with E-state index < -0.39 is 0 Å². The summed E-state index contributed by atoms with van der Waals surface area (Å²) in [7, 11) is 1.60. The van der Waals surface area contributed by atoms with Crippen LogP contribution in [0.1, 0.15) is 36.7 Å². The molecular weight excluding hydrogens is 386 g/mol. The first kappa shape index (κ1) is 22.1. The highest BCUT2D eigenvalue weighted by Gasteiger charge is 2.15. The Hall–Kier alpha value is -3.19. The quantitative estimate of drug-likeness (QED) is 0.516. The van der Waals surface area contributed by atoms with Crippen LogP contribution in [0.4, 0.5) is 5.69 Å². The molecule has 0 saturated carbocycles. The Morgan fingerprint density at radius 1 is 1.07 bits per heavy atom. The third-order valence-corrected chi connectivity index (χ3v) is 3.85. The lowest BCUT2D eigenvalue weighted by Gasteiger charge is -2.20. The van der Waals surface area contributed by atoms with E-state index in [-0.39, 0.29) is 22.5 Å². The molecule has 0 spiro atoms. The molecule has 0 fully saturated rings. The number of hydrogen-bond donors (Lipinski definition) is 3. The lowest BCUT2D eigenvalue weighted by atomic mass is 10.1. The van der Waals surface area contributed by atoms with Crippen LogP contribution in [0.3, 0.4) is 0 Å². The topological polar surface area (TPSA) is 79.5 Å². The zero-order valence-electron chi connectivity index (χ0n) is 16.9. The Morgan fingerprint density at radius 3 is 2.38 bits per heavy atom. The van der Waals surface area contributed by atoms with Gasteiger partial charge < -0.3 is 15.4 Å². The summed E-state index contributed by atoms with van der Waals surface area (Å²) in [6, 6.07) is 14.2. The van der Waals surface area contributed by atoms with E-state index in [9.17, 15) is 9.59 Å². The Morgan fingerprint density at radius 2 is 1.76 bits per heavy atom. The number of carbonyl (C=O) groups is 2. The van der Waals surface area contributed by atoms with E-state index in [0.29, 0.717) is 11.3 Å². The lowest BCUT2D eigenvalue weighted by Crippen LogP contribution is -2.40. The molecule has 2 aromatic rings. The summed E-state index contributed by atoms with van der Waals surface area (Å²) >= 11 is 5.18. The molecule has 0 heterocycles. The molecule has 3 N–H and O–H groups in total. The number of anilines is 1. The van der Waals surface area contributed by atoms with Crippen LogP contribution < -0.4 is 20.7 Å². The first-order valence-electron chi connectivity index (χ1n) is 9.03. The van der Waals surface area contributed by atoms with Gasteiger partial charge in [-0.2, -0.15) is 0 Å². The standard InChI is InChI=1S/C22H25N3O3S/c1-22(2,3)25-20(27)16-6-5-7-17(14-16)23-21(29)24-19(26)13-10-15-8-11-18(28-4)12-9-15/h5-14H,1-4H3,(H,25,27)(H2,23,24,26,29)/b13-10+. The summed E-state index contributed by atoms with van der Waals surface area (Å²) in [5, 5.41) is 8.53. The van der Waals surface area contributed by atoms with Crippen molar-refractivity contribution in [2.24, 2.45) is 0 Å². The molecule has 0 saturated heterocycles. The van der Waals surface area contributed by atoms with Crippen LogP contribution in [0.25, 0.3) is 6.08 Å². The van der Waals surface area contributed by atoms with E-state index in [0.717, 1.165) is 11.3 Å². The van der Waals surface area contributed by atoms with Gasteiger partial charge in [0, 0.05) is 22.9 Å². The Labute approximate surface area is 176 Å². The second kappa shape index (κ2) is 9.84. The van der Waals surface area contributed by atoms with Crippen molar-refractivity contribution < 1.29 is 14.3 Å². The molecular formula is C22H25N3O3S. The maximum absolute atomic E-state index is 12.3. The van der Waals surface area contributed by atoms with Gasteiger partial charge in [0.15, 0.2) is 5.11 Å². The van der Waals surface area contributed by atoms with Crippen molar-refractivity contribution in [2.75, 3.05) is 12.4 Å². The Kier molecular flexibility index (Phi) is 7.50. The smallest absolute Gasteiger partial charge is 0.251 e. The molecule has 0 aliphatic heterocycles. The number of carbonyl (C=O) groups excluding carboxylic acids is 2. The summed E-state index contributed by atoms with van der Waals surface area (Å²) < 4.78 is 5.10. The highest BCUT2D eigenvalue weighted by atomic mass is 32.1. The molecule has 6 nitrogen and oxygen atoms in total. The van der Waals surface area contributed by atoms with Gasteiger partial charge in [0.2, 0.25) is 5.91 Å².